The highest BCUT2D eigenvalue weighted by atomic mass is 79.9. The third-order valence-corrected chi connectivity index (χ3v) is 5.78. The maximum Gasteiger partial charge on any atom is 0.191 e. The number of hydrogen-bond donors (Lipinski definition) is 2. The summed E-state index contributed by atoms with van der Waals surface area (Å²) in [6.07, 6.45) is 3.11. The van der Waals surface area contributed by atoms with Gasteiger partial charge in [0.05, 0.1) is 6.54 Å². The van der Waals surface area contributed by atoms with Crippen molar-refractivity contribution in [1.82, 2.24) is 15.6 Å². The molecule has 1 aliphatic heterocycles. The average Bonchev–Trinajstić information content (AvgIpc) is 3.25. The highest BCUT2D eigenvalue weighted by molar-refractivity contribution is 9.10. The number of nitrogens with one attached hydrogen (secondary N) is 2. The SMILES string of the molecule is CN=C(NCc1ncc(C)s1)NCC1CCN(c2ccc(Br)cc2)C1. The molecule has 1 saturated heterocycles. The second-order valence-electron chi connectivity index (χ2n) is 6.25. The van der Waals surface area contributed by atoms with Crippen molar-refractivity contribution < 1.29 is 0 Å². The van der Waals surface area contributed by atoms with Crippen LogP contribution in [-0.4, -0.2) is 37.6 Å². The third-order valence-electron chi connectivity index (χ3n) is 4.34. The lowest BCUT2D eigenvalue weighted by Crippen LogP contribution is -2.39. The van der Waals surface area contributed by atoms with E-state index in [1.807, 2.05) is 13.2 Å². The van der Waals surface area contributed by atoms with E-state index in [1.165, 1.54) is 17.0 Å². The largest absolute Gasteiger partial charge is 0.371 e. The molecule has 1 fully saturated rings. The number of anilines is 1. The second-order valence-corrected chi connectivity index (χ2v) is 8.48. The van der Waals surface area contributed by atoms with Crippen molar-refractivity contribution in [2.45, 2.75) is 19.9 Å². The van der Waals surface area contributed by atoms with Gasteiger partial charge in [-0.1, -0.05) is 15.9 Å². The fraction of sp³-hybridized carbons (Fsp3) is 0.444. The number of aromatic nitrogens is 1. The molecule has 5 nitrogen and oxygen atoms in total. The minimum atomic E-state index is 0.629. The van der Waals surface area contributed by atoms with Gasteiger partial charge < -0.3 is 15.5 Å². The molecule has 0 aliphatic carbocycles. The molecule has 0 saturated carbocycles. The first-order chi connectivity index (χ1) is 12.1. The molecule has 0 radical (unpaired) electrons. The molecule has 2 aromatic rings. The van der Waals surface area contributed by atoms with Gasteiger partial charge in [-0.15, -0.1) is 11.3 Å². The van der Waals surface area contributed by atoms with Gasteiger partial charge in [-0.3, -0.25) is 4.99 Å². The number of aryl methyl sites for hydroxylation is 1. The molecule has 7 heteroatoms. The topological polar surface area (TPSA) is 52.6 Å². The van der Waals surface area contributed by atoms with E-state index in [4.69, 9.17) is 0 Å². The maximum atomic E-state index is 4.37. The van der Waals surface area contributed by atoms with Crippen LogP contribution in [-0.2, 0) is 6.54 Å². The summed E-state index contributed by atoms with van der Waals surface area (Å²) in [5, 5.41) is 7.88. The van der Waals surface area contributed by atoms with Crippen molar-refractivity contribution in [1.29, 1.82) is 0 Å². The van der Waals surface area contributed by atoms with Crippen LogP contribution in [0.25, 0.3) is 0 Å². The van der Waals surface area contributed by atoms with Gasteiger partial charge in [-0.05, 0) is 43.5 Å². The van der Waals surface area contributed by atoms with Crippen LogP contribution in [0.15, 0.2) is 39.9 Å². The molecule has 2 N–H and O–H groups in total. The summed E-state index contributed by atoms with van der Waals surface area (Å²) >= 11 is 5.21. The lowest BCUT2D eigenvalue weighted by molar-refractivity contribution is 0.565. The molecule has 1 atom stereocenters. The van der Waals surface area contributed by atoms with Crippen LogP contribution in [0.5, 0.6) is 0 Å². The van der Waals surface area contributed by atoms with E-state index in [0.29, 0.717) is 12.5 Å². The van der Waals surface area contributed by atoms with Crippen molar-refractivity contribution >= 4 is 38.9 Å². The van der Waals surface area contributed by atoms with Gasteiger partial charge >= 0.3 is 0 Å². The van der Waals surface area contributed by atoms with Crippen molar-refractivity contribution in [3.63, 3.8) is 0 Å². The highest BCUT2D eigenvalue weighted by Crippen LogP contribution is 2.24. The summed E-state index contributed by atoms with van der Waals surface area (Å²) < 4.78 is 1.12. The molecule has 1 aromatic heterocycles. The first kappa shape index (κ1) is 18.2. The van der Waals surface area contributed by atoms with Gasteiger partial charge in [0.1, 0.15) is 5.01 Å². The lowest BCUT2D eigenvalue weighted by Gasteiger charge is -2.19. The molecule has 2 heterocycles. The van der Waals surface area contributed by atoms with Crippen molar-refractivity contribution in [3.05, 3.63) is 44.8 Å². The molecular formula is C18H24BrN5S. The number of guanidine groups is 1. The monoisotopic (exact) mass is 421 g/mol. The lowest BCUT2D eigenvalue weighted by atomic mass is 10.1. The Morgan fingerprint density at radius 1 is 1.36 bits per heavy atom. The van der Waals surface area contributed by atoms with Gasteiger partial charge in [-0.2, -0.15) is 0 Å². The number of aliphatic imine (C=N–C) groups is 1. The molecule has 1 aromatic carbocycles. The Hall–Kier alpha value is -1.60. The smallest absolute Gasteiger partial charge is 0.191 e. The normalized spacial score (nSPS) is 17.8. The fourth-order valence-corrected chi connectivity index (χ4v) is 3.98. The molecule has 0 spiro atoms. The van der Waals surface area contributed by atoms with Crippen LogP contribution in [0.1, 0.15) is 16.3 Å². The van der Waals surface area contributed by atoms with Crippen molar-refractivity contribution in [2.75, 3.05) is 31.6 Å². The number of rotatable bonds is 5. The van der Waals surface area contributed by atoms with E-state index in [1.54, 1.807) is 11.3 Å². The van der Waals surface area contributed by atoms with Crippen LogP contribution in [0, 0.1) is 12.8 Å². The number of thiazole rings is 1. The predicted molar refractivity (Wildman–Crippen MR) is 110 cm³/mol. The Balaban J connectivity index is 1.44. The van der Waals surface area contributed by atoms with Crippen LogP contribution < -0.4 is 15.5 Å². The fourth-order valence-electron chi connectivity index (χ4n) is 2.99. The van der Waals surface area contributed by atoms with Crippen molar-refractivity contribution in [3.8, 4) is 0 Å². The van der Waals surface area contributed by atoms with E-state index >= 15 is 0 Å². The molecule has 25 heavy (non-hydrogen) atoms. The van der Waals surface area contributed by atoms with Crippen LogP contribution in [0.3, 0.4) is 0 Å². The summed E-state index contributed by atoms with van der Waals surface area (Å²) in [5.41, 5.74) is 1.30. The quantitative estimate of drug-likeness (QED) is 0.573. The Morgan fingerprint density at radius 2 is 2.16 bits per heavy atom. The van der Waals surface area contributed by atoms with Gasteiger partial charge in [0, 0.05) is 47.9 Å². The minimum absolute atomic E-state index is 0.629. The molecule has 1 aliphatic rings. The zero-order chi connectivity index (χ0) is 17.6. The summed E-state index contributed by atoms with van der Waals surface area (Å²) in [6.45, 7) is 5.92. The number of nitrogens with zero attached hydrogens (tertiary/aromatic N) is 3. The van der Waals surface area contributed by atoms with Gasteiger partial charge in [0.15, 0.2) is 5.96 Å². The van der Waals surface area contributed by atoms with E-state index in [2.05, 4.69) is 72.6 Å². The summed E-state index contributed by atoms with van der Waals surface area (Å²) in [4.78, 5) is 12.4. The molecule has 1 unspecified atom stereocenters. The summed E-state index contributed by atoms with van der Waals surface area (Å²) in [7, 11) is 1.81. The molecule has 0 bridgehead atoms. The van der Waals surface area contributed by atoms with Gasteiger partial charge in [0.2, 0.25) is 0 Å². The minimum Gasteiger partial charge on any atom is -0.371 e. The van der Waals surface area contributed by atoms with E-state index in [0.717, 1.165) is 35.1 Å². The van der Waals surface area contributed by atoms with Crippen molar-refractivity contribution in [2.24, 2.45) is 10.9 Å². The van der Waals surface area contributed by atoms with Crippen LogP contribution in [0.4, 0.5) is 5.69 Å². The molecule has 3 rings (SSSR count). The van der Waals surface area contributed by atoms with Crippen LogP contribution >= 0.6 is 27.3 Å². The zero-order valence-corrected chi connectivity index (χ0v) is 17.0. The summed E-state index contributed by atoms with van der Waals surface area (Å²) in [6, 6.07) is 8.56. The Kier molecular flexibility index (Phi) is 6.31. The number of hydrogen-bond acceptors (Lipinski definition) is 4. The Labute approximate surface area is 161 Å². The molecule has 134 valence electrons. The van der Waals surface area contributed by atoms with E-state index in [9.17, 15) is 0 Å². The zero-order valence-electron chi connectivity index (χ0n) is 14.6. The highest BCUT2D eigenvalue weighted by Gasteiger charge is 2.22. The third kappa shape index (κ3) is 5.19. The Bertz CT molecular complexity index is 713. The van der Waals surface area contributed by atoms with Crippen LogP contribution in [0.2, 0.25) is 0 Å². The molecule has 0 amide bonds. The van der Waals surface area contributed by atoms with E-state index in [-0.39, 0.29) is 0 Å². The second kappa shape index (κ2) is 8.67. The summed E-state index contributed by atoms with van der Waals surface area (Å²) in [5.74, 6) is 1.47. The number of halogens is 1. The van der Waals surface area contributed by atoms with E-state index < -0.39 is 0 Å². The maximum absolute atomic E-state index is 4.37. The van der Waals surface area contributed by atoms with Gasteiger partial charge in [0.25, 0.3) is 0 Å². The standard InChI is InChI=1S/C18H24BrN5S/c1-13-9-21-17(25-13)11-23-18(20-2)22-10-14-7-8-24(12-14)16-5-3-15(19)4-6-16/h3-6,9,14H,7-8,10-12H2,1-2H3,(H2,20,22,23). The van der Waals surface area contributed by atoms with Gasteiger partial charge in [-0.25, -0.2) is 4.98 Å². The first-order valence-corrected chi connectivity index (χ1v) is 10.1. The average molecular weight is 422 g/mol. The first-order valence-electron chi connectivity index (χ1n) is 8.50. The molecular weight excluding hydrogens is 398 g/mol. The number of benzene rings is 1. The Morgan fingerprint density at radius 3 is 2.84 bits per heavy atom. The predicted octanol–water partition coefficient (Wildman–Crippen LogP) is 3.41.